The van der Waals surface area contributed by atoms with Crippen molar-refractivity contribution in [2.24, 2.45) is 0 Å². The lowest BCUT2D eigenvalue weighted by Crippen LogP contribution is -2.44. The van der Waals surface area contributed by atoms with Crippen LogP contribution in [-0.2, 0) is 59.5 Å². The number of hydrogen-bond donors (Lipinski definition) is 2. The molecular weight excluding hydrogens is 785 g/mol. The molecule has 15 heteroatoms. The van der Waals surface area contributed by atoms with E-state index >= 15 is 0 Å². The van der Waals surface area contributed by atoms with Crippen LogP contribution >= 0.6 is 0 Å². The molecule has 2 saturated heterocycles. The topological polar surface area (TPSA) is 173 Å². The minimum atomic E-state index is -0.856. The second-order valence-electron chi connectivity index (χ2n) is 16.3. The first-order valence-corrected chi connectivity index (χ1v) is 19.2. The Bertz CT molecular complexity index is 1850. The summed E-state index contributed by atoms with van der Waals surface area (Å²) in [6.45, 7) is 21.1. The lowest BCUT2D eigenvalue weighted by atomic mass is 10.0. The van der Waals surface area contributed by atoms with E-state index in [9.17, 15) is 29.1 Å². The van der Waals surface area contributed by atoms with Crippen LogP contribution in [0.5, 0.6) is 0 Å². The maximum atomic E-state index is 12.7. The van der Waals surface area contributed by atoms with Gasteiger partial charge in [0.15, 0.2) is 0 Å². The maximum Gasteiger partial charge on any atom is 0.411 e. The zero-order valence-electron chi connectivity index (χ0n) is 34.9. The minimum absolute atomic E-state index is 0. The van der Waals surface area contributed by atoms with Gasteiger partial charge >= 0.3 is 30.2 Å². The number of nitrogens with zero attached hydrogens (tertiary/aromatic N) is 3. The van der Waals surface area contributed by atoms with Gasteiger partial charge in [-0.15, -0.1) is 0 Å². The molecule has 0 spiro atoms. The smallest absolute Gasteiger partial charge is 0.411 e. The fraction of sp³-hybridized carbons (Fsp3) is 0.543. The van der Waals surface area contributed by atoms with Crippen LogP contribution in [0.25, 0.3) is 12.2 Å². The number of β-amino-alcohol motifs (C(OH)–C–C–N with tert-alkyl or cyclic N) is 1. The summed E-state index contributed by atoms with van der Waals surface area (Å²) in [6, 6.07) is 10.6. The number of aliphatic hydroxyl groups is 1. The van der Waals surface area contributed by atoms with Crippen molar-refractivity contribution < 1.29 is 52.8 Å². The Hall–Kier alpha value is -5.41. The number of amides is 3. The number of likely N-dealkylation sites (tertiary alicyclic amines) is 2. The number of esters is 2. The SMILES string of the molecule is C.C.C.C=Cc1cccc2c1CN(C(=O)O[C@@H]1C[C@@H](C(=O)OC)N(C(=O)OC(C)(C)C)C1)C2.C=Cc1cccc2c1CNC2.COC(=O)[C@@H]1C[C@@H](O)CN1C(=O)OC(C)(C)C. The number of ether oxygens (including phenoxy) is 5. The van der Waals surface area contributed by atoms with Crippen LogP contribution in [0, 0.1) is 0 Å². The average Bonchev–Trinajstić information content (AvgIpc) is 3.98. The van der Waals surface area contributed by atoms with E-state index in [1.54, 1.807) is 52.5 Å². The number of carbonyl (C=O) groups excluding carboxylic acids is 5. The van der Waals surface area contributed by atoms with Gasteiger partial charge in [0.05, 0.1) is 40.0 Å². The third-order valence-corrected chi connectivity index (χ3v) is 9.66. The van der Waals surface area contributed by atoms with Crippen LogP contribution in [-0.4, -0.2) is 113 Å². The molecule has 2 aromatic carbocycles. The van der Waals surface area contributed by atoms with Crippen molar-refractivity contribution in [1.82, 2.24) is 20.0 Å². The van der Waals surface area contributed by atoms with E-state index in [4.69, 9.17) is 18.9 Å². The molecule has 2 N–H and O–H groups in total. The van der Waals surface area contributed by atoms with Crippen molar-refractivity contribution in [2.45, 2.75) is 138 Å². The number of fused-ring (bicyclic) bond motifs is 2. The molecular formula is C46H70N4O11. The number of rotatable bonds is 5. The zero-order chi connectivity index (χ0) is 42.9. The van der Waals surface area contributed by atoms with Crippen LogP contribution in [0.1, 0.15) is 110 Å². The Balaban J connectivity index is 0.000000506. The van der Waals surface area contributed by atoms with Crippen LogP contribution < -0.4 is 5.32 Å². The molecule has 4 heterocycles. The highest BCUT2D eigenvalue weighted by Crippen LogP contribution is 2.30. The predicted molar refractivity (Wildman–Crippen MR) is 236 cm³/mol. The molecule has 6 rings (SSSR count). The fourth-order valence-electron chi connectivity index (χ4n) is 6.99. The number of benzene rings is 2. The molecule has 4 atom stereocenters. The summed E-state index contributed by atoms with van der Waals surface area (Å²) in [6.07, 6.45) is 0.965. The summed E-state index contributed by atoms with van der Waals surface area (Å²) in [5, 5.41) is 12.8. The largest absolute Gasteiger partial charge is 0.467 e. The monoisotopic (exact) mass is 855 g/mol. The number of aliphatic hydroxyl groups excluding tert-OH is 1. The van der Waals surface area contributed by atoms with Gasteiger partial charge < -0.3 is 34.1 Å². The van der Waals surface area contributed by atoms with E-state index in [-0.39, 0.29) is 48.2 Å². The summed E-state index contributed by atoms with van der Waals surface area (Å²) in [5.74, 6) is -1.10. The van der Waals surface area contributed by atoms with Crippen molar-refractivity contribution >= 4 is 42.4 Å². The molecule has 4 aliphatic heterocycles. The molecule has 2 aromatic rings. The van der Waals surface area contributed by atoms with Crippen molar-refractivity contribution in [3.63, 3.8) is 0 Å². The highest BCUT2D eigenvalue weighted by atomic mass is 16.6. The first kappa shape index (κ1) is 53.6. The molecule has 0 saturated carbocycles. The normalized spacial score (nSPS) is 19.6. The molecule has 340 valence electrons. The lowest BCUT2D eigenvalue weighted by molar-refractivity contribution is -0.146. The van der Waals surface area contributed by atoms with E-state index in [2.05, 4.69) is 41.4 Å². The highest BCUT2D eigenvalue weighted by molar-refractivity contribution is 5.83. The highest BCUT2D eigenvalue weighted by Gasteiger charge is 2.45. The van der Waals surface area contributed by atoms with Crippen molar-refractivity contribution in [2.75, 3.05) is 27.3 Å². The fourth-order valence-corrected chi connectivity index (χ4v) is 6.99. The number of methoxy groups -OCH3 is 2. The van der Waals surface area contributed by atoms with Gasteiger partial charge in [-0.1, -0.05) is 84.0 Å². The van der Waals surface area contributed by atoms with Crippen LogP contribution in [0.2, 0.25) is 0 Å². The van der Waals surface area contributed by atoms with Gasteiger partial charge in [-0.2, -0.15) is 0 Å². The van der Waals surface area contributed by atoms with E-state index in [1.165, 1.54) is 40.7 Å². The van der Waals surface area contributed by atoms with Gasteiger partial charge in [0, 0.05) is 32.5 Å². The predicted octanol–water partition coefficient (Wildman–Crippen LogP) is 7.70. The zero-order valence-corrected chi connectivity index (χ0v) is 34.9. The Morgan fingerprint density at radius 3 is 1.69 bits per heavy atom. The summed E-state index contributed by atoms with van der Waals surface area (Å²) < 4.78 is 25.6. The molecule has 0 bridgehead atoms. The molecule has 2 fully saturated rings. The average molecular weight is 855 g/mol. The summed E-state index contributed by atoms with van der Waals surface area (Å²) in [7, 11) is 2.51. The van der Waals surface area contributed by atoms with Crippen molar-refractivity contribution in [1.29, 1.82) is 0 Å². The molecule has 0 aliphatic carbocycles. The minimum Gasteiger partial charge on any atom is -0.467 e. The quantitative estimate of drug-likeness (QED) is 0.222. The Morgan fingerprint density at radius 2 is 1.18 bits per heavy atom. The molecule has 3 amide bonds. The Morgan fingerprint density at radius 1 is 0.689 bits per heavy atom. The molecule has 61 heavy (non-hydrogen) atoms. The van der Waals surface area contributed by atoms with E-state index < -0.39 is 65.7 Å². The van der Waals surface area contributed by atoms with E-state index in [0.717, 1.165) is 29.8 Å². The molecule has 0 aromatic heterocycles. The third kappa shape index (κ3) is 14.3. The molecule has 0 unspecified atom stereocenters. The van der Waals surface area contributed by atoms with E-state index in [1.807, 2.05) is 24.3 Å². The molecule has 15 nitrogen and oxygen atoms in total. The standard InChI is InChI=1S/C22H28N2O6.C11H19NO5.C10H11N.3CH4/c1-6-14-8-7-9-15-11-23(13-17(14)15)20(26)29-16-10-18(19(25)28-5)24(12-16)21(27)30-22(2,3)4;1-11(2,3)17-10(15)12-6-7(13)5-8(12)9(14)16-4;1-2-8-4-3-5-9-6-11-7-10(8)9;;;/h6-9,16,18H,1,10-13H2,2-5H3;7-8,13H,5-6H2,1-4H3;2-5,11H,1,6-7H2;3*1H4/t16-,18+;7-,8+;;;;/m11..../s1. The second-order valence-corrected chi connectivity index (χ2v) is 16.3. The number of carbonyl (C=O) groups is 5. The summed E-state index contributed by atoms with van der Waals surface area (Å²) >= 11 is 0. The van der Waals surface area contributed by atoms with Gasteiger partial charge in [0.2, 0.25) is 0 Å². The molecule has 4 aliphatic rings. The van der Waals surface area contributed by atoms with Gasteiger partial charge in [-0.25, -0.2) is 24.0 Å². The first-order valence-electron chi connectivity index (χ1n) is 19.2. The Kier molecular flexibility index (Phi) is 20.2. The van der Waals surface area contributed by atoms with Crippen LogP contribution in [0.15, 0.2) is 49.6 Å². The van der Waals surface area contributed by atoms with Gasteiger partial charge in [-0.3, -0.25) is 14.7 Å². The number of nitrogens with one attached hydrogen (secondary N) is 1. The van der Waals surface area contributed by atoms with Gasteiger partial charge in [0.1, 0.15) is 29.4 Å². The van der Waals surface area contributed by atoms with Crippen molar-refractivity contribution in [3.05, 3.63) is 82.9 Å². The van der Waals surface area contributed by atoms with Gasteiger partial charge in [-0.05, 0) is 74.9 Å². The second kappa shape index (κ2) is 23.0. The van der Waals surface area contributed by atoms with Crippen LogP contribution in [0.4, 0.5) is 14.4 Å². The number of hydrogen-bond acceptors (Lipinski definition) is 12. The Labute approximate surface area is 363 Å². The lowest BCUT2D eigenvalue weighted by Gasteiger charge is -2.27. The van der Waals surface area contributed by atoms with Gasteiger partial charge in [0.25, 0.3) is 0 Å². The maximum absolute atomic E-state index is 12.7. The summed E-state index contributed by atoms with van der Waals surface area (Å²) in [4.78, 5) is 64.8. The first-order chi connectivity index (χ1) is 27.3. The molecule has 0 radical (unpaired) electrons. The summed E-state index contributed by atoms with van der Waals surface area (Å²) in [5.41, 5.74) is 5.86. The third-order valence-electron chi connectivity index (χ3n) is 9.66. The van der Waals surface area contributed by atoms with Crippen LogP contribution in [0.3, 0.4) is 0 Å². The van der Waals surface area contributed by atoms with Crippen molar-refractivity contribution in [3.8, 4) is 0 Å². The van der Waals surface area contributed by atoms with E-state index in [0.29, 0.717) is 13.1 Å².